The van der Waals surface area contributed by atoms with E-state index in [1.807, 2.05) is 31.2 Å². The largest absolute Gasteiger partial charge is 0.505 e. The monoisotopic (exact) mass is 289 g/mol. The lowest BCUT2D eigenvalue weighted by molar-refractivity contribution is 0.317. The van der Waals surface area contributed by atoms with Crippen LogP contribution in [0.3, 0.4) is 0 Å². The average Bonchev–Trinajstić information content (AvgIpc) is 2.49. The first-order chi connectivity index (χ1) is 10.1. The minimum atomic E-state index is -0.629. The Hall–Kier alpha value is -2.23. The standard InChI is InChI=1S/C17H20FNO2/c1-3-10-21-15-7-4-13(5-8-15)12(2)19-14-6-9-17(20)16(18)11-14/h4-9,11-12,19-20H,3,10H2,1-2H3. The van der Waals surface area contributed by atoms with Crippen molar-refractivity contribution >= 4 is 5.69 Å². The van der Waals surface area contributed by atoms with Crippen LogP contribution in [0.1, 0.15) is 31.9 Å². The first kappa shape index (κ1) is 15.2. The number of hydrogen-bond donors (Lipinski definition) is 2. The van der Waals surface area contributed by atoms with Crippen molar-refractivity contribution in [3.63, 3.8) is 0 Å². The predicted molar refractivity (Wildman–Crippen MR) is 82.3 cm³/mol. The normalized spacial score (nSPS) is 12.0. The Labute approximate surface area is 124 Å². The number of rotatable bonds is 6. The van der Waals surface area contributed by atoms with Crippen LogP contribution in [0.25, 0.3) is 0 Å². The van der Waals surface area contributed by atoms with E-state index in [4.69, 9.17) is 4.74 Å². The van der Waals surface area contributed by atoms with Gasteiger partial charge in [0.1, 0.15) is 5.75 Å². The molecule has 0 aliphatic rings. The SMILES string of the molecule is CCCOc1ccc(C(C)Nc2ccc(O)c(F)c2)cc1. The van der Waals surface area contributed by atoms with Gasteiger partial charge < -0.3 is 15.2 Å². The molecule has 0 amide bonds. The van der Waals surface area contributed by atoms with E-state index in [2.05, 4.69) is 12.2 Å². The summed E-state index contributed by atoms with van der Waals surface area (Å²) in [5.41, 5.74) is 1.71. The molecule has 0 bridgehead atoms. The van der Waals surface area contributed by atoms with Crippen LogP contribution in [0.2, 0.25) is 0 Å². The van der Waals surface area contributed by atoms with Crippen molar-refractivity contribution < 1.29 is 14.2 Å². The van der Waals surface area contributed by atoms with Crippen molar-refractivity contribution in [1.29, 1.82) is 0 Å². The molecule has 0 aromatic heterocycles. The van der Waals surface area contributed by atoms with Crippen LogP contribution in [0.15, 0.2) is 42.5 Å². The predicted octanol–water partition coefficient (Wildman–Crippen LogP) is 4.49. The molecule has 0 aliphatic carbocycles. The van der Waals surface area contributed by atoms with E-state index >= 15 is 0 Å². The summed E-state index contributed by atoms with van der Waals surface area (Å²) in [6, 6.07) is 12.1. The zero-order valence-corrected chi connectivity index (χ0v) is 12.3. The van der Waals surface area contributed by atoms with Crippen LogP contribution in [0.4, 0.5) is 10.1 Å². The molecule has 0 heterocycles. The molecule has 1 unspecified atom stereocenters. The second kappa shape index (κ2) is 6.97. The van der Waals surface area contributed by atoms with Crippen LogP contribution in [0.5, 0.6) is 11.5 Å². The molecule has 2 N–H and O–H groups in total. The van der Waals surface area contributed by atoms with E-state index in [9.17, 15) is 9.50 Å². The molecule has 2 rings (SSSR count). The second-order valence-corrected chi connectivity index (χ2v) is 4.95. The molecule has 0 saturated heterocycles. The van der Waals surface area contributed by atoms with E-state index in [0.29, 0.717) is 12.3 Å². The van der Waals surface area contributed by atoms with Gasteiger partial charge in [0.25, 0.3) is 0 Å². The molecular formula is C17H20FNO2. The maximum absolute atomic E-state index is 13.3. The topological polar surface area (TPSA) is 41.5 Å². The molecule has 2 aromatic rings. The third-order valence-electron chi connectivity index (χ3n) is 3.18. The molecule has 0 saturated carbocycles. The molecule has 0 spiro atoms. The van der Waals surface area contributed by atoms with Crippen LogP contribution >= 0.6 is 0 Å². The van der Waals surface area contributed by atoms with Crippen LogP contribution in [-0.4, -0.2) is 11.7 Å². The smallest absolute Gasteiger partial charge is 0.166 e. The van der Waals surface area contributed by atoms with Crippen LogP contribution < -0.4 is 10.1 Å². The van der Waals surface area contributed by atoms with Gasteiger partial charge in [-0.3, -0.25) is 0 Å². The van der Waals surface area contributed by atoms with Crippen molar-refractivity contribution in [1.82, 2.24) is 0 Å². The number of halogens is 1. The molecule has 112 valence electrons. The molecule has 4 heteroatoms. The molecule has 0 aliphatic heterocycles. The molecule has 0 radical (unpaired) electrons. The van der Waals surface area contributed by atoms with Crippen molar-refractivity contribution in [3.8, 4) is 11.5 Å². The van der Waals surface area contributed by atoms with Crippen LogP contribution in [-0.2, 0) is 0 Å². The number of nitrogens with one attached hydrogen (secondary N) is 1. The highest BCUT2D eigenvalue weighted by Gasteiger charge is 2.07. The Morgan fingerprint density at radius 2 is 1.90 bits per heavy atom. The van der Waals surface area contributed by atoms with Gasteiger partial charge in [-0.2, -0.15) is 0 Å². The fraction of sp³-hybridized carbons (Fsp3) is 0.294. The highest BCUT2D eigenvalue weighted by atomic mass is 19.1. The molecule has 0 fully saturated rings. The molecule has 21 heavy (non-hydrogen) atoms. The van der Waals surface area contributed by atoms with Crippen molar-refractivity contribution in [2.45, 2.75) is 26.3 Å². The first-order valence-electron chi connectivity index (χ1n) is 7.08. The zero-order chi connectivity index (χ0) is 15.2. The maximum Gasteiger partial charge on any atom is 0.166 e. The first-order valence-corrected chi connectivity index (χ1v) is 7.08. The third-order valence-corrected chi connectivity index (χ3v) is 3.18. The summed E-state index contributed by atoms with van der Waals surface area (Å²) in [5, 5.41) is 12.4. The minimum absolute atomic E-state index is 0.0224. The average molecular weight is 289 g/mol. The summed E-state index contributed by atoms with van der Waals surface area (Å²) in [6.07, 6.45) is 0.978. The van der Waals surface area contributed by atoms with Crippen molar-refractivity contribution in [2.75, 3.05) is 11.9 Å². The van der Waals surface area contributed by atoms with Crippen LogP contribution in [0, 0.1) is 5.82 Å². The quantitative estimate of drug-likeness (QED) is 0.770. The third kappa shape index (κ3) is 4.12. The molecule has 1 atom stereocenters. The van der Waals surface area contributed by atoms with Gasteiger partial charge in [0.2, 0.25) is 0 Å². The van der Waals surface area contributed by atoms with Gasteiger partial charge in [0.15, 0.2) is 11.6 Å². The number of phenols is 1. The Bertz CT molecular complexity index is 584. The fourth-order valence-electron chi connectivity index (χ4n) is 2.00. The van der Waals surface area contributed by atoms with Gasteiger partial charge in [-0.05, 0) is 43.2 Å². The summed E-state index contributed by atoms with van der Waals surface area (Å²) in [5.74, 6) is -0.121. The van der Waals surface area contributed by atoms with E-state index in [-0.39, 0.29) is 11.8 Å². The number of anilines is 1. The van der Waals surface area contributed by atoms with Gasteiger partial charge in [-0.1, -0.05) is 19.1 Å². The Morgan fingerprint density at radius 3 is 2.52 bits per heavy atom. The minimum Gasteiger partial charge on any atom is -0.505 e. The number of phenolic OH excluding ortho intramolecular Hbond substituents is 1. The van der Waals surface area contributed by atoms with Gasteiger partial charge in [-0.25, -0.2) is 4.39 Å². The lowest BCUT2D eigenvalue weighted by Crippen LogP contribution is -2.06. The lowest BCUT2D eigenvalue weighted by Gasteiger charge is -2.16. The summed E-state index contributed by atoms with van der Waals surface area (Å²) in [7, 11) is 0. The lowest BCUT2D eigenvalue weighted by atomic mass is 10.1. The number of benzene rings is 2. The molecular weight excluding hydrogens is 269 g/mol. The summed E-state index contributed by atoms with van der Waals surface area (Å²) in [4.78, 5) is 0. The van der Waals surface area contributed by atoms with Gasteiger partial charge in [0, 0.05) is 17.8 Å². The summed E-state index contributed by atoms with van der Waals surface area (Å²) in [6.45, 7) is 4.77. The van der Waals surface area contributed by atoms with Gasteiger partial charge in [-0.15, -0.1) is 0 Å². The highest BCUT2D eigenvalue weighted by Crippen LogP contribution is 2.24. The highest BCUT2D eigenvalue weighted by molar-refractivity contribution is 5.48. The number of hydrogen-bond acceptors (Lipinski definition) is 3. The van der Waals surface area contributed by atoms with Gasteiger partial charge in [0.05, 0.1) is 6.61 Å². The second-order valence-electron chi connectivity index (χ2n) is 4.95. The Morgan fingerprint density at radius 1 is 1.19 bits per heavy atom. The van der Waals surface area contributed by atoms with E-state index in [1.54, 1.807) is 6.07 Å². The van der Waals surface area contributed by atoms with Gasteiger partial charge >= 0.3 is 0 Å². The zero-order valence-electron chi connectivity index (χ0n) is 12.3. The maximum atomic E-state index is 13.3. The molecule has 2 aromatic carbocycles. The molecule has 3 nitrogen and oxygen atoms in total. The summed E-state index contributed by atoms with van der Waals surface area (Å²) >= 11 is 0. The Balaban J connectivity index is 2.02. The number of aromatic hydroxyl groups is 1. The fourth-order valence-corrected chi connectivity index (χ4v) is 2.00. The van der Waals surface area contributed by atoms with Crippen molar-refractivity contribution in [2.24, 2.45) is 0 Å². The van der Waals surface area contributed by atoms with E-state index in [1.165, 1.54) is 12.1 Å². The van der Waals surface area contributed by atoms with E-state index in [0.717, 1.165) is 17.7 Å². The van der Waals surface area contributed by atoms with Crippen molar-refractivity contribution in [3.05, 3.63) is 53.8 Å². The Kier molecular flexibility index (Phi) is 5.04. The summed E-state index contributed by atoms with van der Waals surface area (Å²) < 4.78 is 18.8. The van der Waals surface area contributed by atoms with E-state index < -0.39 is 5.82 Å². The number of ether oxygens (including phenoxy) is 1.